The van der Waals surface area contributed by atoms with Crippen LogP contribution < -0.4 is 0 Å². The van der Waals surface area contributed by atoms with E-state index in [1.165, 1.54) is 6.20 Å². The molecule has 0 N–H and O–H groups in total. The van der Waals surface area contributed by atoms with Gasteiger partial charge in [-0.25, -0.2) is 0 Å². The van der Waals surface area contributed by atoms with Crippen LogP contribution in [-0.2, 0) is 11.3 Å². The van der Waals surface area contributed by atoms with Crippen LogP contribution in [0.2, 0.25) is 0 Å². The van der Waals surface area contributed by atoms with E-state index in [0.717, 1.165) is 13.8 Å². The molecular weight excluding hydrogens is 227 g/mol. The van der Waals surface area contributed by atoms with Gasteiger partial charge in [-0.05, 0) is 25.5 Å². The van der Waals surface area contributed by atoms with Crippen molar-refractivity contribution in [1.82, 2.24) is 4.98 Å². The van der Waals surface area contributed by atoms with Crippen LogP contribution in [-0.4, -0.2) is 11.2 Å². The Morgan fingerprint density at radius 3 is 2.40 bits per heavy atom. The number of pyridine rings is 1. The summed E-state index contributed by atoms with van der Waals surface area (Å²) in [6, 6.07) is 3.14. The predicted molar refractivity (Wildman–Crippen MR) is 52.9 cm³/mol. The Balaban J connectivity index is 3.26. The second kappa shape index (κ2) is 4.00. The van der Waals surface area contributed by atoms with Gasteiger partial charge in [-0.15, -0.1) is 11.6 Å². The van der Waals surface area contributed by atoms with Gasteiger partial charge >= 0.3 is 6.18 Å². The monoisotopic (exact) mass is 237 g/mol. The van der Waals surface area contributed by atoms with Crippen LogP contribution in [0, 0.1) is 0 Å². The molecule has 0 amide bonds. The van der Waals surface area contributed by atoms with E-state index in [1.54, 1.807) is 12.1 Å². The Kier molecular flexibility index (Phi) is 3.28. The molecule has 0 unspecified atom stereocenters. The van der Waals surface area contributed by atoms with Crippen molar-refractivity contribution in [2.45, 2.75) is 31.3 Å². The molecule has 0 saturated heterocycles. The van der Waals surface area contributed by atoms with Gasteiger partial charge in [-0.1, -0.05) is 6.07 Å². The van der Waals surface area contributed by atoms with Crippen molar-refractivity contribution in [1.29, 1.82) is 0 Å². The summed E-state index contributed by atoms with van der Waals surface area (Å²) in [4.78, 5) is 3.78. The molecule has 1 rings (SSSR count). The van der Waals surface area contributed by atoms with Crippen molar-refractivity contribution in [3.8, 4) is 0 Å². The molecule has 0 fully saturated rings. The molecule has 1 aromatic rings. The lowest BCUT2D eigenvalue weighted by molar-refractivity contribution is -0.181. The first-order valence-electron chi connectivity index (χ1n) is 4.37. The van der Waals surface area contributed by atoms with E-state index in [2.05, 4.69) is 4.98 Å². The summed E-state index contributed by atoms with van der Waals surface area (Å²) >= 11 is 5.58. The van der Waals surface area contributed by atoms with Crippen LogP contribution in [0.3, 0.4) is 0 Å². The highest BCUT2D eigenvalue weighted by Gasteiger charge is 2.50. The van der Waals surface area contributed by atoms with Crippen molar-refractivity contribution < 1.29 is 13.2 Å². The summed E-state index contributed by atoms with van der Waals surface area (Å²) in [6.45, 7) is 2.21. The van der Waals surface area contributed by atoms with Gasteiger partial charge in [0.05, 0.1) is 5.69 Å². The lowest BCUT2D eigenvalue weighted by Crippen LogP contribution is -2.38. The summed E-state index contributed by atoms with van der Waals surface area (Å²) in [6.07, 6.45) is -2.99. The minimum absolute atomic E-state index is 0.00694. The predicted octanol–water partition coefficient (Wildman–Crippen LogP) is 3.66. The van der Waals surface area contributed by atoms with E-state index >= 15 is 0 Å². The number of hydrogen-bond donors (Lipinski definition) is 0. The third-order valence-electron chi connectivity index (χ3n) is 2.34. The molecule has 0 bridgehead atoms. The third kappa shape index (κ3) is 2.25. The molecule has 1 aromatic heterocycles. The van der Waals surface area contributed by atoms with Crippen LogP contribution in [0.1, 0.15) is 25.1 Å². The lowest BCUT2D eigenvalue weighted by atomic mass is 9.85. The molecule has 1 heterocycles. The van der Waals surface area contributed by atoms with Gasteiger partial charge in [0.2, 0.25) is 0 Å². The molecule has 0 aromatic carbocycles. The molecule has 15 heavy (non-hydrogen) atoms. The van der Waals surface area contributed by atoms with Gasteiger partial charge in [0.1, 0.15) is 5.41 Å². The molecule has 5 heteroatoms. The number of halogens is 4. The van der Waals surface area contributed by atoms with E-state index in [-0.39, 0.29) is 11.6 Å². The fourth-order valence-corrected chi connectivity index (χ4v) is 1.46. The zero-order valence-electron chi connectivity index (χ0n) is 8.40. The topological polar surface area (TPSA) is 12.9 Å². The molecule has 0 aliphatic heterocycles. The molecular formula is C10H11ClF3N. The van der Waals surface area contributed by atoms with Gasteiger partial charge in [-0.2, -0.15) is 13.2 Å². The first-order valence-corrected chi connectivity index (χ1v) is 4.91. The highest BCUT2D eigenvalue weighted by molar-refractivity contribution is 6.17. The third-order valence-corrected chi connectivity index (χ3v) is 2.62. The lowest BCUT2D eigenvalue weighted by Gasteiger charge is -2.28. The van der Waals surface area contributed by atoms with Gasteiger partial charge in [0.25, 0.3) is 0 Å². The van der Waals surface area contributed by atoms with E-state index < -0.39 is 11.6 Å². The molecule has 0 atom stereocenters. The van der Waals surface area contributed by atoms with E-state index in [9.17, 15) is 13.2 Å². The Hall–Kier alpha value is -0.770. The zero-order valence-corrected chi connectivity index (χ0v) is 9.15. The Morgan fingerprint density at radius 2 is 1.93 bits per heavy atom. The van der Waals surface area contributed by atoms with Crippen LogP contribution in [0.15, 0.2) is 18.3 Å². The maximum absolute atomic E-state index is 12.8. The molecule has 1 nitrogen and oxygen atoms in total. The number of nitrogens with zero attached hydrogens (tertiary/aromatic N) is 1. The molecule has 84 valence electrons. The summed E-state index contributed by atoms with van der Waals surface area (Å²) < 4.78 is 38.3. The summed E-state index contributed by atoms with van der Waals surface area (Å²) in [7, 11) is 0. The zero-order chi connectivity index (χ0) is 11.7. The maximum Gasteiger partial charge on any atom is 0.399 e. The number of alkyl halides is 4. The largest absolute Gasteiger partial charge is 0.399 e. The van der Waals surface area contributed by atoms with E-state index in [4.69, 9.17) is 11.6 Å². The van der Waals surface area contributed by atoms with E-state index in [1.807, 2.05) is 0 Å². The minimum atomic E-state index is -4.33. The average Bonchev–Trinajstić information content (AvgIpc) is 2.16. The van der Waals surface area contributed by atoms with Crippen LogP contribution in [0.4, 0.5) is 13.2 Å². The fraction of sp³-hybridized carbons (Fsp3) is 0.500. The van der Waals surface area contributed by atoms with Crippen LogP contribution in [0.25, 0.3) is 0 Å². The smallest absolute Gasteiger partial charge is 0.260 e. The first kappa shape index (κ1) is 12.3. The Labute approximate surface area is 91.3 Å². The van der Waals surface area contributed by atoms with Crippen molar-refractivity contribution >= 4 is 11.6 Å². The number of aromatic nitrogens is 1. The summed E-state index contributed by atoms with van der Waals surface area (Å²) in [5, 5.41) is 0. The average molecular weight is 238 g/mol. The highest BCUT2D eigenvalue weighted by Crippen LogP contribution is 2.40. The van der Waals surface area contributed by atoms with Crippen LogP contribution >= 0.6 is 11.6 Å². The van der Waals surface area contributed by atoms with Gasteiger partial charge in [-0.3, -0.25) is 4.98 Å². The Morgan fingerprint density at radius 1 is 1.33 bits per heavy atom. The number of rotatable bonds is 2. The van der Waals surface area contributed by atoms with Gasteiger partial charge in [0, 0.05) is 12.1 Å². The van der Waals surface area contributed by atoms with Gasteiger partial charge in [0.15, 0.2) is 0 Å². The molecule has 0 saturated carbocycles. The van der Waals surface area contributed by atoms with Crippen molar-refractivity contribution in [3.63, 3.8) is 0 Å². The van der Waals surface area contributed by atoms with Crippen molar-refractivity contribution in [2.24, 2.45) is 0 Å². The normalized spacial score (nSPS) is 12.9. The molecule has 0 radical (unpaired) electrons. The molecule has 0 spiro atoms. The van der Waals surface area contributed by atoms with Gasteiger partial charge < -0.3 is 0 Å². The first-order chi connectivity index (χ1) is 6.80. The quantitative estimate of drug-likeness (QED) is 0.716. The van der Waals surface area contributed by atoms with E-state index in [0.29, 0.717) is 5.56 Å². The fourth-order valence-electron chi connectivity index (χ4n) is 1.24. The second-order valence-corrected chi connectivity index (χ2v) is 4.03. The standard InChI is InChI=1S/C10H11ClF3N/c1-9(2,10(12,13)14)8-7(6-11)4-3-5-15-8/h3-5H,6H2,1-2H3. The second-order valence-electron chi connectivity index (χ2n) is 3.77. The maximum atomic E-state index is 12.8. The SMILES string of the molecule is CC(C)(c1ncccc1CCl)C(F)(F)F. The van der Waals surface area contributed by atoms with Crippen molar-refractivity contribution in [2.75, 3.05) is 0 Å². The number of hydrogen-bond acceptors (Lipinski definition) is 1. The molecule has 0 aliphatic carbocycles. The van der Waals surface area contributed by atoms with Crippen molar-refractivity contribution in [3.05, 3.63) is 29.6 Å². The minimum Gasteiger partial charge on any atom is -0.260 e. The highest BCUT2D eigenvalue weighted by atomic mass is 35.5. The summed E-state index contributed by atoms with van der Waals surface area (Å²) in [5.41, 5.74) is -1.56. The van der Waals surface area contributed by atoms with Crippen LogP contribution in [0.5, 0.6) is 0 Å². The summed E-state index contributed by atoms with van der Waals surface area (Å²) in [5.74, 6) is 0.0304. The Bertz CT molecular complexity index is 347. The molecule has 0 aliphatic rings.